The van der Waals surface area contributed by atoms with E-state index in [0.717, 1.165) is 11.4 Å². The Morgan fingerprint density at radius 2 is 2.11 bits per heavy atom. The first-order valence-electron chi connectivity index (χ1n) is 6.08. The van der Waals surface area contributed by atoms with Crippen LogP contribution in [0.3, 0.4) is 0 Å². The van der Waals surface area contributed by atoms with Crippen molar-refractivity contribution in [3.63, 3.8) is 0 Å². The molecule has 0 aliphatic carbocycles. The van der Waals surface area contributed by atoms with Gasteiger partial charge in [-0.05, 0) is 19.1 Å². The van der Waals surface area contributed by atoms with Crippen molar-refractivity contribution >= 4 is 11.8 Å². The Kier molecular flexibility index (Phi) is 4.25. The molecular formula is C13H17N5O. The zero-order valence-corrected chi connectivity index (χ0v) is 11.0. The fourth-order valence-corrected chi connectivity index (χ4v) is 1.55. The quantitative estimate of drug-likeness (QED) is 0.752. The summed E-state index contributed by atoms with van der Waals surface area (Å²) in [5.74, 6) is 1.16. The number of nitrogens with one attached hydrogen (secondary N) is 2. The van der Waals surface area contributed by atoms with E-state index in [4.69, 9.17) is 5.11 Å². The maximum Gasteiger partial charge on any atom is 0.225 e. The first-order chi connectivity index (χ1) is 9.22. The van der Waals surface area contributed by atoms with Gasteiger partial charge in [0.15, 0.2) is 0 Å². The average molecular weight is 259 g/mol. The molecule has 2 aromatic rings. The summed E-state index contributed by atoms with van der Waals surface area (Å²) in [5.41, 5.74) is 1.51. The highest BCUT2D eigenvalue weighted by molar-refractivity contribution is 5.60. The van der Waals surface area contributed by atoms with Crippen molar-refractivity contribution in [1.29, 1.82) is 0 Å². The minimum absolute atomic E-state index is 0.0199. The van der Waals surface area contributed by atoms with Crippen LogP contribution in [0.1, 0.15) is 6.92 Å². The van der Waals surface area contributed by atoms with Crippen LogP contribution in [-0.4, -0.2) is 39.8 Å². The summed E-state index contributed by atoms with van der Waals surface area (Å²) < 4.78 is 0. The molecule has 6 heteroatoms. The van der Waals surface area contributed by atoms with Gasteiger partial charge in [0.05, 0.1) is 18.0 Å². The molecule has 100 valence electrons. The van der Waals surface area contributed by atoms with Crippen LogP contribution in [0, 0.1) is 0 Å². The van der Waals surface area contributed by atoms with Crippen molar-refractivity contribution < 1.29 is 5.11 Å². The summed E-state index contributed by atoms with van der Waals surface area (Å²) >= 11 is 0. The Morgan fingerprint density at radius 3 is 2.74 bits per heavy atom. The third-order valence-corrected chi connectivity index (χ3v) is 2.56. The van der Waals surface area contributed by atoms with Gasteiger partial charge in [0.25, 0.3) is 0 Å². The number of pyridine rings is 1. The zero-order chi connectivity index (χ0) is 13.7. The SMILES string of the molecule is CNc1cc(-c2ccccn2)nc(N[C@@H](C)CO)n1. The van der Waals surface area contributed by atoms with E-state index in [9.17, 15) is 0 Å². The molecule has 0 bridgehead atoms. The number of hydrogen-bond acceptors (Lipinski definition) is 6. The lowest BCUT2D eigenvalue weighted by Gasteiger charge is -2.12. The number of rotatable bonds is 5. The van der Waals surface area contributed by atoms with Crippen molar-refractivity contribution in [1.82, 2.24) is 15.0 Å². The van der Waals surface area contributed by atoms with Crippen molar-refractivity contribution in [3.05, 3.63) is 30.5 Å². The smallest absolute Gasteiger partial charge is 0.225 e. The van der Waals surface area contributed by atoms with Gasteiger partial charge in [-0.3, -0.25) is 4.98 Å². The summed E-state index contributed by atoms with van der Waals surface area (Å²) in [6, 6.07) is 7.38. The molecule has 0 amide bonds. The van der Waals surface area contributed by atoms with Crippen molar-refractivity contribution in [2.45, 2.75) is 13.0 Å². The van der Waals surface area contributed by atoms with Crippen molar-refractivity contribution in [2.24, 2.45) is 0 Å². The van der Waals surface area contributed by atoms with Gasteiger partial charge in [-0.25, -0.2) is 4.98 Å². The van der Waals surface area contributed by atoms with E-state index in [-0.39, 0.29) is 12.6 Å². The number of aromatic nitrogens is 3. The molecule has 0 aliphatic heterocycles. The van der Waals surface area contributed by atoms with Crippen LogP contribution in [0.5, 0.6) is 0 Å². The number of nitrogens with zero attached hydrogens (tertiary/aromatic N) is 3. The van der Waals surface area contributed by atoms with E-state index in [0.29, 0.717) is 11.8 Å². The van der Waals surface area contributed by atoms with E-state index in [1.54, 1.807) is 13.2 Å². The topological polar surface area (TPSA) is 83.0 Å². The standard InChI is InChI=1S/C13H17N5O/c1-9(8-19)16-13-17-11(7-12(14-2)18-13)10-5-3-4-6-15-10/h3-7,9,19H,8H2,1-2H3,(H2,14,16,17,18)/t9-/m0/s1. The highest BCUT2D eigenvalue weighted by atomic mass is 16.3. The van der Waals surface area contributed by atoms with E-state index in [1.807, 2.05) is 31.2 Å². The Hall–Kier alpha value is -2.21. The maximum absolute atomic E-state index is 9.06. The summed E-state index contributed by atoms with van der Waals surface area (Å²) in [6.45, 7) is 1.88. The van der Waals surface area contributed by atoms with Crippen LogP contribution >= 0.6 is 0 Å². The predicted octanol–water partition coefficient (Wildman–Crippen LogP) is 1.37. The van der Waals surface area contributed by atoms with E-state index >= 15 is 0 Å². The number of aliphatic hydroxyl groups is 1. The predicted molar refractivity (Wildman–Crippen MR) is 75.0 cm³/mol. The second-order valence-corrected chi connectivity index (χ2v) is 4.15. The van der Waals surface area contributed by atoms with Crippen LogP contribution in [0.2, 0.25) is 0 Å². The van der Waals surface area contributed by atoms with E-state index < -0.39 is 0 Å². The lowest BCUT2D eigenvalue weighted by molar-refractivity contribution is 0.281. The van der Waals surface area contributed by atoms with Crippen LogP contribution in [0.25, 0.3) is 11.4 Å². The minimum atomic E-state index is -0.108. The fourth-order valence-electron chi connectivity index (χ4n) is 1.55. The van der Waals surface area contributed by atoms with Crippen LogP contribution in [-0.2, 0) is 0 Å². The van der Waals surface area contributed by atoms with Gasteiger partial charge < -0.3 is 15.7 Å². The van der Waals surface area contributed by atoms with Crippen LogP contribution < -0.4 is 10.6 Å². The monoisotopic (exact) mass is 259 g/mol. The van der Waals surface area contributed by atoms with Crippen molar-refractivity contribution in [2.75, 3.05) is 24.3 Å². The Labute approximate surface area is 112 Å². The van der Waals surface area contributed by atoms with Gasteiger partial charge in [-0.1, -0.05) is 6.07 Å². The zero-order valence-electron chi connectivity index (χ0n) is 11.0. The van der Waals surface area contributed by atoms with Crippen LogP contribution in [0.4, 0.5) is 11.8 Å². The molecule has 3 N–H and O–H groups in total. The molecule has 0 fully saturated rings. The maximum atomic E-state index is 9.06. The number of hydrogen-bond donors (Lipinski definition) is 3. The first kappa shape index (κ1) is 13.2. The number of aliphatic hydroxyl groups excluding tert-OH is 1. The van der Waals surface area contributed by atoms with Gasteiger partial charge in [-0.2, -0.15) is 4.98 Å². The molecular weight excluding hydrogens is 242 g/mol. The molecule has 0 unspecified atom stereocenters. The molecule has 1 atom stereocenters. The molecule has 0 saturated heterocycles. The normalized spacial score (nSPS) is 11.9. The molecule has 0 radical (unpaired) electrons. The second kappa shape index (κ2) is 6.10. The third kappa shape index (κ3) is 3.38. The molecule has 0 aliphatic rings. The van der Waals surface area contributed by atoms with Gasteiger partial charge >= 0.3 is 0 Å². The summed E-state index contributed by atoms with van der Waals surface area (Å²) in [6.07, 6.45) is 1.72. The molecule has 0 saturated carbocycles. The second-order valence-electron chi connectivity index (χ2n) is 4.15. The molecule has 0 aromatic carbocycles. The molecule has 2 rings (SSSR count). The Balaban J connectivity index is 2.36. The molecule has 2 heterocycles. The Bertz CT molecular complexity index is 532. The van der Waals surface area contributed by atoms with Crippen LogP contribution in [0.15, 0.2) is 30.5 Å². The van der Waals surface area contributed by atoms with Crippen molar-refractivity contribution in [3.8, 4) is 11.4 Å². The molecule has 2 aromatic heterocycles. The first-order valence-corrected chi connectivity index (χ1v) is 6.08. The lowest BCUT2D eigenvalue weighted by atomic mass is 10.2. The van der Waals surface area contributed by atoms with Gasteiger partial charge in [0.1, 0.15) is 5.82 Å². The lowest BCUT2D eigenvalue weighted by Crippen LogP contribution is -2.21. The highest BCUT2D eigenvalue weighted by Gasteiger charge is 2.08. The largest absolute Gasteiger partial charge is 0.394 e. The van der Waals surface area contributed by atoms with E-state index in [1.165, 1.54) is 0 Å². The third-order valence-electron chi connectivity index (χ3n) is 2.56. The minimum Gasteiger partial charge on any atom is -0.394 e. The van der Waals surface area contributed by atoms with Gasteiger partial charge in [-0.15, -0.1) is 0 Å². The molecule has 0 spiro atoms. The summed E-state index contributed by atoms with van der Waals surface area (Å²) in [7, 11) is 1.80. The Morgan fingerprint density at radius 1 is 1.26 bits per heavy atom. The number of anilines is 2. The fraction of sp³-hybridized carbons (Fsp3) is 0.308. The van der Waals surface area contributed by atoms with Gasteiger partial charge in [0, 0.05) is 25.4 Å². The summed E-state index contributed by atoms with van der Waals surface area (Å²) in [4.78, 5) is 13.0. The highest BCUT2D eigenvalue weighted by Crippen LogP contribution is 2.19. The molecule has 6 nitrogen and oxygen atoms in total. The van der Waals surface area contributed by atoms with E-state index in [2.05, 4.69) is 25.6 Å². The van der Waals surface area contributed by atoms with Gasteiger partial charge in [0.2, 0.25) is 5.95 Å². The summed E-state index contributed by atoms with van der Waals surface area (Å²) in [5, 5.41) is 15.1. The molecule has 19 heavy (non-hydrogen) atoms. The average Bonchev–Trinajstić information content (AvgIpc) is 2.47.